The quantitative estimate of drug-likeness (QED) is 0.734. The molecule has 0 spiro atoms. The molecule has 0 aliphatic carbocycles. The largest absolute Gasteiger partial charge is 0.350 e. The molecule has 106 valence electrons. The number of nitrogens with one attached hydrogen (secondary N) is 2. The second-order valence-corrected chi connectivity index (χ2v) is 6.84. The van der Waals surface area contributed by atoms with Crippen molar-refractivity contribution in [2.75, 3.05) is 17.5 Å². The molecule has 0 aliphatic rings. The fourth-order valence-electron chi connectivity index (χ4n) is 1.37. The molecule has 1 amide bonds. The van der Waals surface area contributed by atoms with E-state index in [1.807, 2.05) is 0 Å². The van der Waals surface area contributed by atoms with Gasteiger partial charge >= 0.3 is 0 Å². The summed E-state index contributed by atoms with van der Waals surface area (Å²) in [5.74, 6) is -0.370. The molecule has 6 nitrogen and oxygen atoms in total. The molecule has 1 rings (SSSR count). The van der Waals surface area contributed by atoms with Crippen LogP contribution in [0.4, 0.5) is 5.69 Å². The number of amides is 1. The molecule has 1 aromatic rings. The molecule has 0 aromatic heterocycles. The maximum Gasteiger partial charge on any atom is 0.253 e. The van der Waals surface area contributed by atoms with Gasteiger partial charge in [0, 0.05) is 12.1 Å². The second-order valence-electron chi connectivity index (χ2n) is 5.09. The standard InChI is InChI=1S/C12H19N3O3S/c1-12(2,13)8-14-11(16)9-6-4-5-7-10(9)15-19(3,17)18/h4-7,15H,8,13H2,1-3H3,(H,14,16). The van der Waals surface area contributed by atoms with E-state index in [-0.39, 0.29) is 17.2 Å². The highest BCUT2D eigenvalue weighted by atomic mass is 32.2. The van der Waals surface area contributed by atoms with Crippen molar-refractivity contribution in [1.82, 2.24) is 5.32 Å². The Labute approximate surface area is 113 Å². The number of anilines is 1. The molecule has 4 N–H and O–H groups in total. The molecule has 1 aromatic carbocycles. The summed E-state index contributed by atoms with van der Waals surface area (Å²) in [6, 6.07) is 6.39. The Balaban J connectivity index is 2.91. The fourth-order valence-corrected chi connectivity index (χ4v) is 1.95. The van der Waals surface area contributed by atoms with E-state index in [9.17, 15) is 13.2 Å². The third kappa shape index (κ3) is 5.71. The highest BCUT2D eigenvalue weighted by Gasteiger charge is 2.16. The second kappa shape index (κ2) is 5.58. The van der Waals surface area contributed by atoms with Crippen LogP contribution in [0.15, 0.2) is 24.3 Å². The van der Waals surface area contributed by atoms with Gasteiger partial charge < -0.3 is 11.1 Å². The predicted octanol–water partition coefficient (Wildman–Crippen LogP) is 0.525. The van der Waals surface area contributed by atoms with E-state index in [1.165, 1.54) is 6.07 Å². The topological polar surface area (TPSA) is 101 Å². The Morgan fingerprint density at radius 3 is 2.42 bits per heavy atom. The van der Waals surface area contributed by atoms with Gasteiger partial charge in [0.05, 0.1) is 17.5 Å². The first-order valence-electron chi connectivity index (χ1n) is 5.72. The molecule has 0 unspecified atom stereocenters. The van der Waals surface area contributed by atoms with E-state index in [2.05, 4.69) is 10.0 Å². The number of rotatable bonds is 5. The normalized spacial score (nSPS) is 12.0. The SMILES string of the molecule is CC(C)(N)CNC(=O)c1ccccc1NS(C)(=O)=O. The molecule has 7 heteroatoms. The first-order valence-corrected chi connectivity index (χ1v) is 7.61. The zero-order valence-electron chi connectivity index (χ0n) is 11.2. The number of nitrogens with two attached hydrogens (primary N) is 1. The number of benzene rings is 1. The van der Waals surface area contributed by atoms with Crippen LogP contribution >= 0.6 is 0 Å². The molecular weight excluding hydrogens is 266 g/mol. The van der Waals surface area contributed by atoms with Crippen LogP contribution in [0.25, 0.3) is 0 Å². The van der Waals surface area contributed by atoms with Crippen LogP contribution in [0.1, 0.15) is 24.2 Å². The minimum atomic E-state index is -3.43. The summed E-state index contributed by atoms with van der Waals surface area (Å²) in [4.78, 5) is 12.0. The number of hydrogen-bond donors (Lipinski definition) is 3. The number of hydrogen-bond acceptors (Lipinski definition) is 4. The van der Waals surface area contributed by atoms with Crippen LogP contribution in [0.5, 0.6) is 0 Å². The van der Waals surface area contributed by atoms with Crippen molar-refractivity contribution in [3.05, 3.63) is 29.8 Å². The van der Waals surface area contributed by atoms with Gasteiger partial charge in [0.25, 0.3) is 5.91 Å². The van der Waals surface area contributed by atoms with Gasteiger partial charge in [-0.05, 0) is 26.0 Å². The van der Waals surface area contributed by atoms with Crippen LogP contribution < -0.4 is 15.8 Å². The summed E-state index contributed by atoms with van der Waals surface area (Å²) in [7, 11) is -3.43. The average Bonchev–Trinajstić information content (AvgIpc) is 2.23. The van der Waals surface area contributed by atoms with Gasteiger partial charge in [-0.15, -0.1) is 0 Å². The van der Waals surface area contributed by atoms with Crippen molar-refractivity contribution < 1.29 is 13.2 Å². The summed E-state index contributed by atoms with van der Waals surface area (Å²) >= 11 is 0. The third-order valence-electron chi connectivity index (χ3n) is 2.17. The lowest BCUT2D eigenvalue weighted by atomic mass is 10.1. The Bertz CT molecular complexity index is 562. The smallest absolute Gasteiger partial charge is 0.253 e. The minimum Gasteiger partial charge on any atom is -0.350 e. The van der Waals surface area contributed by atoms with Crippen LogP contribution in [0, 0.1) is 0 Å². The molecule has 0 saturated heterocycles. The Kier molecular flexibility index (Phi) is 4.54. The molecule has 0 radical (unpaired) electrons. The van der Waals surface area contributed by atoms with Gasteiger partial charge in [0.1, 0.15) is 0 Å². The molecule has 0 heterocycles. The van der Waals surface area contributed by atoms with E-state index in [4.69, 9.17) is 5.73 Å². The number of carbonyl (C=O) groups excluding carboxylic acids is 1. The van der Waals surface area contributed by atoms with E-state index < -0.39 is 15.6 Å². The van der Waals surface area contributed by atoms with E-state index in [0.29, 0.717) is 6.54 Å². The Morgan fingerprint density at radius 1 is 1.32 bits per heavy atom. The summed E-state index contributed by atoms with van der Waals surface area (Å²) < 4.78 is 24.8. The van der Waals surface area contributed by atoms with Crippen molar-refractivity contribution in [3.8, 4) is 0 Å². The highest BCUT2D eigenvalue weighted by molar-refractivity contribution is 7.92. The van der Waals surface area contributed by atoms with Gasteiger partial charge in [-0.2, -0.15) is 0 Å². The summed E-state index contributed by atoms with van der Waals surface area (Å²) in [5, 5.41) is 2.67. The highest BCUT2D eigenvalue weighted by Crippen LogP contribution is 2.16. The lowest BCUT2D eigenvalue weighted by Gasteiger charge is -2.19. The molecule has 0 atom stereocenters. The maximum atomic E-state index is 12.0. The van der Waals surface area contributed by atoms with E-state index >= 15 is 0 Å². The average molecular weight is 285 g/mol. The van der Waals surface area contributed by atoms with Crippen LogP contribution in [0.3, 0.4) is 0 Å². The van der Waals surface area contributed by atoms with Crippen molar-refractivity contribution in [2.24, 2.45) is 5.73 Å². The molecule has 0 fully saturated rings. The first kappa shape index (κ1) is 15.5. The molecular formula is C12H19N3O3S. The molecule has 19 heavy (non-hydrogen) atoms. The van der Waals surface area contributed by atoms with Gasteiger partial charge in [-0.25, -0.2) is 8.42 Å². The summed E-state index contributed by atoms with van der Waals surface area (Å²) in [5.41, 5.74) is 5.75. The van der Waals surface area contributed by atoms with Gasteiger partial charge in [-0.3, -0.25) is 9.52 Å². The van der Waals surface area contributed by atoms with Crippen LogP contribution in [-0.2, 0) is 10.0 Å². The van der Waals surface area contributed by atoms with Crippen molar-refractivity contribution in [1.29, 1.82) is 0 Å². The number of carbonyl (C=O) groups is 1. The van der Waals surface area contributed by atoms with E-state index in [0.717, 1.165) is 6.26 Å². The van der Waals surface area contributed by atoms with Crippen molar-refractivity contribution >= 4 is 21.6 Å². The zero-order chi connectivity index (χ0) is 14.7. The lowest BCUT2D eigenvalue weighted by Crippen LogP contribution is -2.45. The van der Waals surface area contributed by atoms with Gasteiger partial charge in [-0.1, -0.05) is 12.1 Å². The fraction of sp³-hybridized carbons (Fsp3) is 0.417. The molecule has 0 bridgehead atoms. The van der Waals surface area contributed by atoms with Gasteiger partial charge in [0.15, 0.2) is 0 Å². The molecule has 0 saturated carbocycles. The first-order chi connectivity index (χ1) is 8.58. The minimum absolute atomic E-state index is 0.248. The monoisotopic (exact) mass is 285 g/mol. The number of sulfonamides is 1. The summed E-state index contributed by atoms with van der Waals surface area (Å²) in [6.07, 6.45) is 1.03. The lowest BCUT2D eigenvalue weighted by molar-refractivity contribution is 0.0947. The third-order valence-corrected chi connectivity index (χ3v) is 2.76. The van der Waals surface area contributed by atoms with Crippen molar-refractivity contribution in [3.63, 3.8) is 0 Å². The summed E-state index contributed by atoms with van der Waals surface area (Å²) in [6.45, 7) is 3.86. The molecule has 0 aliphatic heterocycles. The maximum absolute atomic E-state index is 12.0. The Hall–Kier alpha value is -1.60. The van der Waals surface area contributed by atoms with E-state index in [1.54, 1.807) is 32.0 Å². The predicted molar refractivity (Wildman–Crippen MR) is 75.5 cm³/mol. The van der Waals surface area contributed by atoms with Crippen molar-refractivity contribution in [2.45, 2.75) is 19.4 Å². The Morgan fingerprint density at radius 2 is 1.89 bits per heavy atom. The number of para-hydroxylation sites is 1. The van der Waals surface area contributed by atoms with Crippen LogP contribution in [0.2, 0.25) is 0 Å². The van der Waals surface area contributed by atoms with Gasteiger partial charge in [0.2, 0.25) is 10.0 Å². The van der Waals surface area contributed by atoms with Crippen LogP contribution in [-0.4, -0.2) is 32.7 Å². The zero-order valence-corrected chi connectivity index (χ0v) is 12.0.